The summed E-state index contributed by atoms with van der Waals surface area (Å²) in [6.07, 6.45) is 6.28. The predicted octanol–water partition coefficient (Wildman–Crippen LogP) is 2.37. The van der Waals surface area contributed by atoms with E-state index in [-0.39, 0.29) is 0 Å². The van der Waals surface area contributed by atoms with Crippen LogP contribution in [0.5, 0.6) is 0 Å². The highest BCUT2D eigenvalue weighted by atomic mass is 32.2. The Balaban J connectivity index is 2.65. The van der Waals surface area contributed by atoms with E-state index in [0.29, 0.717) is 5.37 Å². The lowest BCUT2D eigenvalue weighted by molar-refractivity contribution is 0.747. The molecule has 1 rings (SSSR count). The largest absolute Gasteiger partial charge is 0.342 e. The van der Waals surface area contributed by atoms with E-state index < -0.39 is 0 Å². The van der Waals surface area contributed by atoms with Gasteiger partial charge < -0.3 is 4.57 Å². The Morgan fingerprint density at radius 2 is 1.89 bits per heavy atom. The fourth-order valence-corrected chi connectivity index (χ4v) is 1.10. The van der Waals surface area contributed by atoms with Crippen LogP contribution in [0.4, 0.5) is 0 Å². The van der Waals surface area contributed by atoms with Gasteiger partial charge in [-0.05, 0) is 25.3 Å². The molecule has 0 N–H and O–H groups in total. The van der Waals surface area contributed by atoms with Gasteiger partial charge in [0, 0.05) is 12.4 Å². The maximum atomic E-state index is 2.19. The van der Waals surface area contributed by atoms with Crippen molar-refractivity contribution in [2.45, 2.75) is 12.3 Å². The second-order valence-corrected chi connectivity index (χ2v) is 3.12. The minimum atomic E-state index is 0.569. The molecule has 0 aromatic carbocycles. The molecule has 0 aliphatic heterocycles. The highest BCUT2D eigenvalue weighted by Gasteiger charge is 1.96. The number of hydrogen-bond acceptors (Lipinski definition) is 1. The summed E-state index contributed by atoms with van der Waals surface area (Å²) in [7, 11) is 0. The molecule has 0 aliphatic rings. The Bertz CT molecular complexity index is 157. The quantitative estimate of drug-likeness (QED) is 0.612. The molecular formula is C7H11NS. The van der Waals surface area contributed by atoms with Crippen molar-refractivity contribution in [2.24, 2.45) is 0 Å². The van der Waals surface area contributed by atoms with E-state index in [1.165, 1.54) is 0 Å². The topological polar surface area (TPSA) is 4.93 Å². The molecule has 1 nitrogen and oxygen atoms in total. The Morgan fingerprint density at radius 3 is 2.33 bits per heavy atom. The van der Waals surface area contributed by atoms with Crippen LogP contribution in [0.1, 0.15) is 12.3 Å². The van der Waals surface area contributed by atoms with E-state index in [4.69, 9.17) is 0 Å². The molecule has 0 saturated heterocycles. The van der Waals surface area contributed by atoms with Gasteiger partial charge in [-0.2, -0.15) is 0 Å². The first-order valence-corrected chi connectivity index (χ1v) is 4.28. The summed E-state index contributed by atoms with van der Waals surface area (Å²) in [5.74, 6) is 0. The lowest BCUT2D eigenvalue weighted by Crippen LogP contribution is -1.95. The average Bonchev–Trinajstić information content (AvgIpc) is 2.37. The maximum Gasteiger partial charge on any atom is 0.0757 e. The normalized spacial score (nSPS) is 13.6. The molecule has 1 aromatic heterocycles. The van der Waals surface area contributed by atoms with Crippen LogP contribution in [0, 0.1) is 0 Å². The summed E-state index contributed by atoms with van der Waals surface area (Å²) in [6.45, 7) is 2.19. The predicted molar refractivity (Wildman–Crippen MR) is 42.7 cm³/mol. The van der Waals surface area contributed by atoms with E-state index in [1.807, 2.05) is 23.9 Å². The molecule has 1 unspecified atom stereocenters. The first-order valence-electron chi connectivity index (χ1n) is 3.00. The van der Waals surface area contributed by atoms with E-state index in [1.54, 1.807) is 0 Å². The van der Waals surface area contributed by atoms with Crippen molar-refractivity contribution >= 4 is 11.8 Å². The molecule has 0 fully saturated rings. The zero-order chi connectivity index (χ0) is 6.69. The number of rotatable bonds is 2. The first-order chi connectivity index (χ1) is 4.34. The Morgan fingerprint density at radius 1 is 1.33 bits per heavy atom. The summed E-state index contributed by atoms with van der Waals surface area (Å²) in [5.41, 5.74) is 0. The number of aromatic nitrogens is 1. The van der Waals surface area contributed by atoms with Gasteiger partial charge in [0.15, 0.2) is 0 Å². The van der Waals surface area contributed by atoms with Crippen LogP contribution >= 0.6 is 11.8 Å². The summed E-state index contributed by atoms with van der Waals surface area (Å²) in [5, 5.41) is 0.569. The molecule has 50 valence electrons. The first kappa shape index (κ1) is 6.75. The van der Waals surface area contributed by atoms with Crippen molar-refractivity contribution in [3.05, 3.63) is 24.5 Å². The molecule has 0 bridgehead atoms. The zero-order valence-electron chi connectivity index (χ0n) is 5.74. The van der Waals surface area contributed by atoms with Crippen LogP contribution in [0.2, 0.25) is 0 Å². The minimum Gasteiger partial charge on any atom is -0.342 e. The Hall–Kier alpha value is -0.370. The average molecular weight is 141 g/mol. The SMILES string of the molecule is CSC(C)n1cccc1. The molecule has 2 heteroatoms. The third-order valence-electron chi connectivity index (χ3n) is 1.39. The van der Waals surface area contributed by atoms with Crippen molar-refractivity contribution in [2.75, 3.05) is 6.26 Å². The molecular weight excluding hydrogens is 130 g/mol. The molecule has 0 amide bonds. The molecule has 0 spiro atoms. The van der Waals surface area contributed by atoms with Crippen molar-refractivity contribution in [3.63, 3.8) is 0 Å². The minimum absolute atomic E-state index is 0.569. The van der Waals surface area contributed by atoms with Gasteiger partial charge in [-0.1, -0.05) is 0 Å². The molecule has 0 saturated carbocycles. The highest BCUT2D eigenvalue weighted by molar-refractivity contribution is 7.98. The van der Waals surface area contributed by atoms with Gasteiger partial charge in [-0.15, -0.1) is 11.8 Å². The molecule has 0 radical (unpaired) electrons. The third kappa shape index (κ3) is 1.52. The van der Waals surface area contributed by atoms with Crippen molar-refractivity contribution in [1.82, 2.24) is 4.57 Å². The Labute approximate surface area is 60.1 Å². The summed E-state index contributed by atoms with van der Waals surface area (Å²) in [4.78, 5) is 0. The van der Waals surface area contributed by atoms with Gasteiger partial charge in [0.1, 0.15) is 0 Å². The second kappa shape index (κ2) is 2.97. The smallest absolute Gasteiger partial charge is 0.0757 e. The standard InChI is InChI=1S/C7H11NS/c1-7(9-2)8-5-3-4-6-8/h3-7H,1-2H3. The number of hydrogen-bond donors (Lipinski definition) is 0. The van der Waals surface area contributed by atoms with Crippen LogP contribution in [0.25, 0.3) is 0 Å². The van der Waals surface area contributed by atoms with Crippen LogP contribution < -0.4 is 0 Å². The molecule has 9 heavy (non-hydrogen) atoms. The van der Waals surface area contributed by atoms with Crippen LogP contribution in [0.3, 0.4) is 0 Å². The fraction of sp³-hybridized carbons (Fsp3) is 0.429. The maximum absolute atomic E-state index is 2.19. The van der Waals surface area contributed by atoms with E-state index in [2.05, 4.69) is 30.1 Å². The molecule has 1 aromatic rings. The van der Waals surface area contributed by atoms with Gasteiger partial charge >= 0.3 is 0 Å². The molecule has 1 heterocycles. The van der Waals surface area contributed by atoms with Crippen molar-refractivity contribution in [3.8, 4) is 0 Å². The molecule has 1 atom stereocenters. The van der Waals surface area contributed by atoms with Gasteiger partial charge in [0.2, 0.25) is 0 Å². The fourth-order valence-electron chi connectivity index (χ4n) is 0.712. The number of nitrogens with zero attached hydrogens (tertiary/aromatic N) is 1. The third-order valence-corrected chi connectivity index (χ3v) is 2.31. The van der Waals surface area contributed by atoms with Crippen LogP contribution in [-0.2, 0) is 0 Å². The summed E-state index contributed by atoms with van der Waals surface area (Å²) >= 11 is 1.85. The van der Waals surface area contributed by atoms with Crippen LogP contribution in [-0.4, -0.2) is 10.8 Å². The Kier molecular flexibility index (Phi) is 2.22. The zero-order valence-corrected chi connectivity index (χ0v) is 6.56. The van der Waals surface area contributed by atoms with Crippen LogP contribution in [0.15, 0.2) is 24.5 Å². The second-order valence-electron chi connectivity index (χ2n) is 1.97. The van der Waals surface area contributed by atoms with Gasteiger partial charge in [-0.3, -0.25) is 0 Å². The van der Waals surface area contributed by atoms with Gasteiger partial charge in [0.05, 0.1) is 5.37 Å². The summed E-state index contributed by atoms with van der Waals surface area (Å²) in [6, 6.07) is 4.10. The van der Waals surface area contributed by atoms with Gasteiger partial charge in [-0.25, -0.2) is 0 Å². The number of thioether (sulfide) groups is 1. The highest BCUT2D eigenvalue weighted by Crippen LogP contribution is 2.17. The lowest BCUT2D eigenvalue weighted by atomic mass is 10.7. The summed E-state index contributed by atoms with van der Waals surface area (Å²) < 4.78 is 2.19. The van der Waals surface area contributed by atoms with Gasteiger partial charge in [0.25, 0.3) is 0 Å². The van der Waals surface area contributed by atoms with E-state index in [0.717, 1.165) is 0 Å². The monoisotopic (exact) mass is 141 g/mol. The molecule has 0 aliphatic carbocycles. The van der Waals surface area contributed by atoms with E-state index in [9.17, 15) is 0 Å². The lowest BCUT2D eigenvalue weighted by Gasteiger charge is -2.08. The van der Waals surface area contributed by atoms with E-state index >= 15 is 0 Å². The van der Waals surface area contributed by atoms with Crippen molar-refractivity contribution < 1.29 is 0 Å². The van der Waals surface area contributed by atoms with Crippen molar-refractivity contribution in [1.29, 1.82) is 0 Å².